The van der Waals surface area contributed by atoms with Gasteiger partial charge in [0.1, 0.15) is 5.82 Å². The van der Waals surface area contributed by atoms with E-state index in [0.29, 0.717) is 24.3 Å². The smallest absolute Gasteiger partial charge is 0.255 e. The standard InChI is InChI=1S/C12H14BrN5O/c1-14-11-10(4-8(13)5-17-11)12(19)16-3-2-9-6-15-7-18-9/h4-7H,2-3H2,1H3,(H,14,17)(H,15,18)(H,16,19). The molecule has 0 aliphatic rings. The van der Waals surface area contributed by atoms with Crippen LogP contribution in [0.5, 0.6) is 0 Å². The van der Waals surface area contributed by atoms with Crippen LogP contribution >= 0.6 is 15.9 Å². The fraction of sp³-hybridized carbons (Fsp3) is 0.250. The molecule has 0 unspecified atom stereocenters. The molecule has 0 aliphatic heterocycles. The first-order valence-electron chi connectivity index (χ1n) is 5.79. The Kier molecular flexibility index (Phi) is 4.51. The summed E-state index contributed by atoms with van der Waals surface area (Å²) < 4.78 is 0.769. The highest BCUT2D eigenvalue weighted by Crippen LogP contribution is 2.17. The van der Waals surface area contributed by atoms with Gasteiger partial charge in [-0.3, -0.25) is 4.79 Å². The zero-order chi connectivity index (χ0) is 13.7. The first kappa shape index (κ1) is 13.5. The summed E-state index contributed by atoms with van der Waals surface area (Å²) in [6.45, 7) is 0.538. The molecular weight excluding hydrogens is 310 g/mol. The molecule has 0 saturated heterocycles. The zero-order valence-corrected chi connectivity index (χ0v) is 12.0. The number of H-pyrrole nitrogens is 1. The van der Waals surface area contributed by atoms with Gasteiger partial charge in [0.25, 0.3) is 5.91 Å². The van der Waals surface area contributed by atoms with E-state index in [1.165, 1.54) is 0 Å². The SMILES string of the molecule is CNc1ncc(Br)cc1C(=O)NCCc1cnc[nH]1. The van der Waals surface area contributed by atoms with Crippen LogP contribution in [0, 0.1) is 0 Å². The monoisotopic (exact) mass is 323 g/mol. The minimum Gasteiger partial charge on any atom is -0.372 e. The number of aromatic nitrogens is 3. The van der Waals surface area contributed by atoms with Gasteiger partial charge in [0.15, 0.2) is 0 Å². The highest BCUT2D eigenvalue weighted by Gasteiger charge is 2.12. The molecule has 0 aromatic carbocycles. The van der Waals surface area contributed by atoms with E-state index < -0.39 is 0 Å². The summed E-state index contributed by atoms with van der Waals surface area (Å²) in [6, 6.07) is 1.74. The lowest BCUT2D eigenvalue weighted by Gasteiger charge is -2.09. The van der Waals surface area contributed by atoms with Crippen LogP contribution in [0.4, 0.5) is 5.82 Å². The molecule has 1 amide bonds. The number of hydrogen-bond donors (Lipinski definition) is 3. The van der Waals surface area contributed by atoms with E-state index in [1.54, 1.807) is 31.8 Å². The van der Waals surface area contributed by atoms with Crippen LogP contribution in [0.2, 0.25) is 0 Å². The van der Waals surface area contributed by atoms with Gasteiger partial charge in [-0.2, -0.15) is 0 Å². The van der Waals surface area contributed by atoms with Gasteiger partial charge in [0.2, 0.25) is 0 Å². The number of nitrogens with zero attached hydrogens (tertiary/aromatic N) is 2. The molecule has 0 fully saturated rings. The third-order valence-corrected chi connectivity index (χ3v) is 3.00. The average Bonchev–Trinajstić information content (AvgIpc) is 2.91. The first-order chi connectivity index (χ1) is 9.20. The highest BCUT2D eigenvalue weighted by molar-refractivity contribution is 9.10. The molecule has 0 atom stereocenters. The van der Waals surface area contributed by atoms with Gasteiger partial charge in [0.05, 0.1) is 11.9 Å². The van der Waals surface area contributed by atoms with E-state index in [4.69, 9.17) is 0 Å². The van der Waals surface area contributed by atoms with Crippen molar-refractivity contribution in [3.05, 3.63) is 40.5 Å². The molecule has 0 spiro atoms. The third kappa shape index (κ3) is 3.54. The number of anilines is 1. The molecule has 6 nitrogen and oxygen atoms in total. The summed E-state index contributed by atoms with van der Waals surface area (Å²) in [7, 11) is 1.73. The fourth-order valence-corrected chi connectivity index (χ4v) is 1.97. The van der Waals surface area contributed by atoms with Crippen LogP contribution in [0.15, 0.2) is 29.3 Å². The van der Waals surface area contributed by atoms with Gasteiger partial charge in [-0.05, 0) is 22.0 Å². The van der Waals surface area contributed by atoms with Crippen LogP contribution in [-0.4, -0.2) is 34.5 Å². The first-order valence-corrected chi connectivity index (χ1v) is 6.58. The molecule has 2 aromatic rings. The van der Waals surface area contributed by atoms with Crippen molar-refractivity contribution in [1.29, 1.82) is 0 Å². The minimum atomic E-state index is -0.155. The van der Waals surface area contributed by atoms with Crippen LogP contribution in [0.1, 0.15) is 16.1 Å². The summed E-state index contributed by atoms with van der Waals surface area (Å²) in [6.07, 6.45) is 5.72. The molecule has 2 aromatic heterocycles. The molecule has 0 saturated carbocycles. The topological polar surface area (TPSA) is 82.7 Å². The molecule has 2 rings (SSSR count). The quantitative estimate of drug-likeness (QED) is 0.780. The van der Waals surface area contributed by atoms with Crippen molar-refractivity contribution in [2.75, 3.05) is 18.9 Å². The number of amides is 1. The molecule has 19 heavy (non-hydrogen) atoms. The number of halogens is 1. The third-order valence-electron chi connectivity index (χ3n) is 2.57. The van der Waals surface area contributed by atoms with Gasteiger partial charge >= 0.3 is 0 Å². The Morgan fingerprint density at radius 1 is 1.47 bits per heavy atom. The lowest BCUT2D eigenvalue weighted by molar-refractivity contribution is 0.0954. The summed E-state index contributed by atoms with van der Waals surface area (Å²) in [5, 5.41) is 5.75. The number of imidazole rings is 1. The van der Waals surface area contributed by atoms with Crippen LogP contribution in [0.25, 0.3) is 0 Å². The Morgan fingerprint density at radius 3 is 3.00 bits per heavy atom. The summed E-state index contributed by atoms with van der Waals surface area (Å²) in [5.41, 5.74) is 1.50. The molecule has 7 heteroatoms. The van der Waals surface area contributed by atoms with E-state index in [-0.39, 0.29) is 5.91 Å². The molecule has 0 bridgehead atoms. The van der Waals surface area contributed by atoms with Crippen molar-refractivity contribution in [2.24, 2.45) is 0 Å². The van der Waals surface area contributed by atoms with Crippen molar-refractivity contribution in [1.82, 2.24) is 20.3 Å². The van der Waals surface area contributed by atoms with Gasteiger partial charge in [0, 0.05) is 42.6 Å². The van der Waals surface area contributed by atoms with Gasteiger partial charge in [-0.25, -0.2) is 9.97 Å². The maximum absolute atomic E-state index is 12.1. The molecular formula is C12H14BrN5O. The summed E-state index contributed by atoms with van der Waals surface area (Å²) in [5.74, 6) is 0.403. The number of pyridine rings is 1. The molecule has 3 N–H and O–H groups in total. The maximum atomic E-state index is 12.1. The number of hydrogen-bond acceptors (Lipinski definition) is 4. The Balaban J connectivity index is 1.97. The molecule has 0 aliphatic carbocycles. The van der Waals surface area contributed by atoms with Crippen molar-refractivity contribution in [2.45, 2.75) is 6.42 Å². The van der Waals surface area contributed by atoms with E-state index in [2.05, 4.69) is 41.5 Å². The van der Waals surface area contributed by atoms with Gasteiger partial charge in [-0.1, -0.05) is 0 Å². The average molecular weight is 324 g/mol. The predicted octanol–water partition coefficient (Wildman–Crippen LogP) is 1.58. The van der Waals surface area contributed by atoms with Crippen LogP contribution in [0.3, 0.4) is 0 Å². The highest BCUT2D eigenvalue weighted by atomic mass is 79.9. The fourth-order valence-electron chi connectivity index (χ4n) is 1.64. The predicted molar refractivity (Wildman–Crippen MR) is 76.1 cm³/mol. The Bertz CT molecular complexity index is 555. The van der Waals surface area contributed by atoms with Crippen molar-refractivity contribution < 1.29 is 4.79 Å². The Hall–Kier alpha value is -1.89. The number of rotatable bonds is 5. The summed E-state index contributed by atoms with van der Waals surface area (Å²) in [4.78, 5) is 23.1. The van der Waals surface area contributed by atoms with Crippen molar-refractivity contribution >= 4 is 27.7 Å². The number of carbonyl (C=O) groups excluding carboxylic acids is 1. The number of aromatic amines is 1. The number of nitrogens with one attached hydrogen (secondary N) is 3. The largest absolute Gasteiger partial charge is 0.372 e. The normalized spacial score (nSPS) is 10.2. The van der Waals surface area contributed by atoms with E-state index >= 15 is 0 Å². The molecule has 100 valence electrons. The van der Waals surface area contributed by atoms with Gasteiger partial charge in [-0.15, -0.1) is 0 Å². The van der Waals surface area contributed by atoms with Crippen molar-refractivity contribution in [3.63, 3.8) is 0 Å². The zero-order valence-electron chi connectivity index (χ0n) is 10.4. The summed E-state index contributed by atoms with van der Waals surface area (Å²) >= 11 is 3.31. The lowest BCUT2D eigenvalue weighted by atomic mass is 10.2. The maximum Gasteiger partial charge on any atom is 0.255 e. The molecule has 2 heterocycles. The van der Waals surface area contributed by atoms with Crippen LogP contribution < -0.4 is 10.6 Å². The van der Waals surface area contributed by atoms with Gasteiger partial charge < -0.3 is 15.6 Å². The Morgan fingerprint density at radius 2 is 2.32 bits per heavy atom. The Labute approximate surface area is 119 Å². The van der Waals surface area contributed by atoms with E-state index in [1.807, 2.05) is 0 Å². The second-order valence-corrected chi connectivity index (χ2v) is 4.80. The second kappa shape index (κ2) is 6.33. The minimum absolute atomic E-state index is 0.155. The van der Waals surface area contributed by atoms with Crippen LogP contribution in [-0.2, 0) is 6.42 Å². The van der Waals surface area contributed by atoms with E-state index in [0.717, 1.165) is 10.2 Å². The van der Waals surface area contributed by atoms with Crippen molar-refractivity contribution in [3.8, 4) is 0 Å². The molecule has 0 radical (unpaired) electrons. The second-order valence-electron chi connectivity index (χ2n) is 3.88. The van der Waals surface area contributed by atoms with E-state index in [9.17, 15) is 4.79 Å². The lowest BCUT2D eigenvalue weighted by Crippen LogP contribution is -2.26. The number of carbonyl (C=O) groups is 1.